The van der Waals surface area contributed by atoms with Crippen LogP contribution >= 0.6 is 0 Å². The Morgan fingerprint density at radius 1 is 1.36 bits per heavy atom. The van der Waals surface area contributed by atoms with Gasteiger partial charge < -0.3 is 4.74 Å². The molecular formula is C12H14O2. The van der Waals surface area contributed by atoms with E-state index in [1.807, 2.05) is 13.0 Å². The molecular weight excluding hydrogens is 176 g/mol. The molecule has 0 unspecified atom stereocenters. The number of hydrogen-bond donors (Lipinski definition) is 0. The van der Waals surface area contributed by atoms with Crippen molar-refractivity contribution in [3.8, 4) is 5.75 Å². The van der Waals surface area contributed by atoms with Crippen molar-refractivity contribution in [2.45, 2.75) is 26.7 Å². The number of ketones is 1. The van der Waals surface area contributed by atoms with Crippen molar-refractivity contribution in [3.63, 3.8) is 0 Å². The van der Waals surface area contributed by atoms with Gasteiger partial charge in [0.2, 0.25) is 5.78 Å². The molecule has 1 heterocycles. The monoisotopic (exact) mass is 190 g/mol. The molecule has 2 nitrogen and oxygen atoms in total. The molecule has 0 saturated heterocycles. The summed E-state index contributed by atoms with van der Waals surface area (Å²) in [6.07, 6.45) is 0. The van der Waals surface area contributed by atoms with Crippen molar-refractivity contribution in [2.75, 3.05) is 6.61 Å². The van der Waals surface area contributed by atoms with Crippen molar-refractivity contribution in [2.24, 2.45) is 0 Å². The molecule has 1 aliphatic heterocycles. The molecule has 0 radical (unpaired) electrons. The highest BCUT2D eigenvalue weighted by Gasteiger charge is 2.26. The summed E-state index contributed by atoms with van der Waals surface area (Å²) >= 11 is 0. The molecule has 0 N–H and O–H groups in total. The summed E-state index contributed by atoms with van der Waals surface area (Å²) in [5, 5.41) is 0. The van der Waals surface area contributed by atoms with Crippen molar-refractivity contribution in [3.05, 3.63) is 28.8 Å². The third kappa shape index (κ3) is 1.22. The Kier molecular flexibility index (Phi) is 2.06. The molecule has 14 heavy (non-hydrogen) atoms. The van der Waals surface area contributed by atoms with Gasteiger partial charge >= 0.3 is 0 Å². The first-order valence-electron chi connectivity index (χ1n) is 4.90. The van der Waals surface area contributed by atoms with Crippen LogP contribution in [0.3, 0.4) is 0 Å². The van der Waals surface area contributed by atoms with E-state index in [0.29, 0.717) is 5.92 Å². The summed E-state index contributed by atoms with van der Waals surface area (Å²) in [5.74, 6) is 1.32. The van der Waals surface area contributed by atoms with E-state index in [0.717, 1.165) is 22.4 Å². The SMILES string of the molecule is Cc1ccc(C(C)C)c2c1C(=O)CO2. The predicted octanol–water partition coefficient (Wildman–Crippen LogP) is 2.69. The van der Waals surface area contributed by atoms with Gasteiger partial charge in [-0.05, 0) is 24.0 Å². The average Bonchev–Trinajstić information content (AvgIpc) is 2.49. The summed E-state index contributed by atoms with van der Waals surface area (Å²) in [7, 11) is 0. The number of carbonyl (C=O) groups is 1. The van der Waals surface area contributed by atoms with Gasteiger partial charge in [-0.2, -0.15) is 0 Å². The quantitative estimate of drug-likeness (QED) is 0.680. The van der Waals surface area contributed by atoms with Crippen molar-refractivity contribution in [1.82, 2.24) is 0 Å². The van der Waals surface area contributed by atoms with Crippen molar-refractivity contribution in [1.29, 1.82) is 0 Å². The number of ether oxygens (including phenoxy) is 1. The van der Waals surface area contributed by atoms with Crippen LogP contribution in [-0.2, 0) is 0 Å². The molecule has 0 amide bonds. The summed E-state index contributed by atoms with van der Waals surface area (Å²) < 4.78 is 5.43. The Hall–Kier alpha value is -1.31. The fourth-order valence-corrected chi connectivity index (χ4v) is 1.86. The van der Waals surface area contributed by atoms with Gasteiger partial charge in [-0.3, -0.25) is 4.79 Å². The lowest BCUT2D eigenvalue weighted by Gasteiger charge is -2.11. The highest BCUT2D eigenvalue weighted by Crippen LogP contribution is 2.35. The minimum absolute atomic E-state index is 0.111. The minimum Gasteiger partial charge on any atom is -0.484 e. The first-order chi connectivity index (χ1) is 6.61. The molecule has 2 heteroatoms. The molecule has 0 aromatic heterocycles. The van der Waals surface area contributed by atoms with Crippen molar-refractivity contribution < 1.29 is 9.53 Å². The summed E-state index contributed by atoms with van der Waals surface area (Å²) in [4.78, 5) is 11.5. The number of Topliss-reactive ketones (excluding diaryl/α,β-unsaturated/α-hetero) is 1. The molecule has 0 fully saturated rings. The van der Waals surface area contributed by atoms with E-state index in [1.165, 1.54) is 0 Å². The molecule has 1 aromatic rings. The van der Waals surface area contributed by atoms with Crippen LogP contribution in [0, 0.1) is 6.92 Å². The van der Waals surface area contributed by atoms with Crippen LogP contribution in [0.2, 0.25) is 0 Å². The normalized spacial score (nSPS) is 14.4. The second-order valence-corrected chi connectivity index (χ2v) is 4.04. The highest BCUT2D eigenvalue weighted by molar-refractivity contribution is 6.04. The standard InChI is InChI=1S/C12H14O2/c1-7(2)9-5-4-8(3)11-10(13)6-14-12(9)11/h4-5,7H,6H2,1-3H3. The molecule has 1 aliphatic rings. The average molecular weight is 190 g/mol. The lowest BCUT2D eigenvalue weighted by molar-refractivity contribution is 0.0960. The minimum atomic E-state index is 0.111. The molecule has 0 atom stereocenters. The molecule has 0 bridgehead atoms. The zero-order chi connectivity index (χ0) is 10.3. The van der Waals surface area contributed by atoms with Crippen LogP contribution < -0.4 is 4.74 Å². The van der Waals surface area contributed by atoms with Crippen LogP contribution in [0.1, 0.15) is 41.3 Å². The smallest absolute Gasteiger partial charge is 0.204 e. The van der Waals surface area contributed by atoms with Gasteiger partial charge in [0, 0.05) is 0 Å². The first kappa shape index (κ1) is 9.25. The maximum absolute atomic E-state index is 11.5. The molecule has 1 aromatic carbocycles. The highest BCUT2D eigenvalue weighted by atomic mass is 16.5. The molecule has 2 rings (SSSR count). The van der Waals surface area contributed by atoms with E-state index in [9.17, 15) is 4.79 Å². The zero-order valence-electron chi connectivity index (χ0n) is 8.76. The molecule has 0 spiro atoms. The number of rotatable bonds is 1. The third-order valence-corrected chi connectivity index (χ3v) is 2.64. The number of carbonyl (C=O) groups excluding carboxylic acids is 1. The Morgan fingerprint density at radius 2 is 2.07 bits per heavy atom. The second-order valence-electron chi connectivity index (χ2n) is 4.04. The zero-order valence-corrected chi connectivity index (χ0v) is 8.76. The van der Waals surface area contributed by atoms with E-state index < -0.39 is 0 Å². The Bertz CT molecular complexity index is 392. The number of hydrogen-bond acceptors (Lipinski definition) is 2. The second kappa shape index (κ2) is 3.12. The fraction of sp³-hybridized carbons (Fsp3) is 0.417. The first-order valence-corrected chi connectivity index (χ1v) is 4.90. The van der Waals surface area contributed by atoms with Crippen molar-refractivity contribution >= 4 is 5.78 Å². The molecule has 0 saturated carbocycles. The van der Waals surface area contributed by atoms with Gasteiger partial charge in [0.15, 0.2) is 6.61 Å². The largest absolute Gasteiger partial charge is 0.484 e. The van der Waals surface area contributed by atoms with E-state index in [2.05, 4.69) is 19.9 Å². The van der Waals surface area contributed by atoms with E-state index >= 15 is 0 Å². The van der Waals surface area contributed by atoms with Gasteiger partial charge in [-0.15, -0.1) is 0 Å². The fourth-order valence-electron chi connectivity index (χ4n) is 1.86. The summed E-state index contributed by atoms with van der Waals surface area (Å²) in [6.45, 7) is 6.38. The summed E-state index contributed by atoms with van der Waals surface area (Å²) in [6, 6.07) is 4.05. The lowest BCUT2D eigenvalue weighted by atomic mass is 9.95. The molecule has 74 valence electrons. The number of fused-ring (bicyclic) bond motifs is 1. The van der Waals surface area contributed by atoms with Gasteiger partial charge in [0.05, 0.1) is 5.56 Å². The third-order valence-electron chi connectivity index (χ3n) is 2.64. The topological polar surface area (TPSA) is 26.3 Å². The van der Waals surface area contributed by atoms with Crippen LogP contribution in [0.25, 0.3) is 0 Å². The Labute approximate surface area is 83.9 Å². The van der Waals surface area contributed by atoms with Crippen LogP contribution in [0.5, 0.6) is 5.75 Å². The number of benzene rings is 1. The van der Waals surface area contributed by atoms with Crippen LogP contribution in [0.4, 0.5) is 0 Å². The van der Waals surface area contributed by atoms with Gasteiger partial charge in [-0.1, -0.05) is 26.0 Å². The maximum atomic E-state index is 11.5. The van der Waals surface area contributed by atoms with Gasteiger partial charge in [-0.25, -0.2) is 0 Å². The predicted molar refractivity (Wildman–Crippen MR) is 55.1 cm³/mol. The van der Waals surface area contributed by atoms with Gasteiger partial charge in [0.25, 0.3) is 0 Å². The van der Waals surface area contributed by atoms with E-state index in [4.69, 9.17) is 4.74 Å². The van der Waals surface area contributed by atoms with Crippen LogP contribution in [0.15, 0.2) is 12.1 Å². The Morgan fingerprint density at radius 3 is 2.71 bits per heavy atom. The Balaban J connectivity index is 2.64. The van der Waals surface area contributed by atoms with Crippen LogP contribution in [-0.4, -0.2) is 12.4 Å². The summed E-state index contributed by atoms with van der Waals surface area (Å²) in [5.41, 5.74) is 2.94. The lowest BCUT2D eigenvalue weighted by Crippen LogP contribution is -2.00. The molecule has 0 aliphatic carbocycles. The van der Waals surface area contributed by atoms with E-state index in [1.54, 1.807) is 0 Å². The maximum Gasteiger partial charge on any atom is 0.204 e. The van der Waals surface area contributed by atoms with E-state index in [-0.39, 0.29) is 12.4 Å². The van der Waals surface area contributed by atoms with Gasteiger partial charge in [0.1, 0.15) is 5.75 Å². The number of aryl methyl sites for hydroxylation is 1.